The summed E-state index contributed by atoms with van der Waals surface area (Å²) in [7, 11) is 0.409. The van der Waals surface area contributed by atoms with E-state index in [1.165, 1.54) is 36.1 Å². The second-order valence-electron chi connectivity index (χ2n) is 5.05. The fourth-order valence-electron chi connectivity index (χ4n) is 1.57. The van der Waals surface area contributed by atoms with E-state index in [4.69, 9.17) is 4.74 Å². The Kier molecular flexibility index (Phi) is 6.22. The van der Waals surface area contributed by atoms with Crippen molar-refractivity contribution in [3.05, 3.63) is 0 Å². The van der Waals surface area contributed by atoms with Gasteiger partial charge in [0.2, 0.25) is 5.12 Å². The monoisotopic (exact) mass is 263 g/mol. The zero-order chi connectivity index (χ0) is 12.0. The SMILES string of the molecule is CC(C)(C)OCCSC(=O)C[S+]1CCCC1. The van der Waals surface area contributed by atoms with Gasteiger partial charge in [-0.2, -0.15) is 0 Å². The van der Waals surface area contributed by atoms with E-state index in [9.17, 15) is 4.79 Å². The van der Waals surface area contributed by atoms with Crippen LogP contribution in [0.2, 0.25) is 0 Å². The molecule has 94 valence electrons. The second kappa shape index (κ2) is 6.92. The van der Waals surface area contributed by atoms with Gasteiger partial charge in [0.25, 0.3) is 0 Å². The lowest BCUT2D eigenvalue weighted by molar-refractivity contribution is -0.108. The van der Waals surface area contributed by atoms with Gasteiger partial charge in [-0.15, -0.1) is 0 Å². The van der Waals surface area contributed by atoms with Crippen LogP contribution in [0.4, 0.5) is 0 Å². The summed E-state index contributed by atoms with van der Waals surface area (Å²) in [5, 5.41) is 0.364. The predicted octanol–water partition coefficient (Wildman–Crippen LogP) is 2.47. The largest absolute Gasteiger partial charge is 0.375 e. The van der Waals surface area contributed by atoms with Crippen molar-refractivity contribution in [1.82, 2.24) is 0 Å². The Morgan fingerprint density at radius 3 is 2.50 bits per heavy atom. The lowest BCUT2D eigenvalue weighted by Crippen LogP contribution is -2.21. The smallest absolute Gasteiger partial charge is 0.238 e. The molecule has 0 bridgehead atoms. The lowest BCUT2D eigenvalue weighted by atomic mass is 10.2. The molecule has 0 aromatic rings. The van der Waals surface area contributed by atoms with Gasteiger partial charge in [0.1, 0.15) is 11.5 Å². The molecule has 0 spiro atoms. The van der Waals surface area contributed by atoms with Gasteiger partial charge in [0, 0.05) is 5.75 Å². The Hall–Kier alpha value is 0.330. The molecule has 2 nitrogen and oxygen atoms in total. The topological polar surface area (TPSA) is 26.3 Å². The summed E-state index contributed by atoms with van der Waals surface area (Å²) in [4.78, 5) is 11.6. The molecule has 0 N–H and O–H groups in total. The van der Waals surface area contributed by atoms with Crippen LogP contribution < -0.4 is 0 Å². The van der Waals surface area contributed by atoms with Crippen LogP contribution in [0.3, 0.4) is 0 Å². The van der Waals surface area contributed by atoms with E-state index in [1.807, 2.05) is 20.8 Å². The van der Waals surface area contributed by atoms with Gasteiger partial charge in [-0.3, -0.25) is 4.79 Å². The van der Waals surface area contributed by atoms with Gasteiger partial charge in [-0.05, 0) is 44.5 Å². The van der Waals surface area contributed by atoms with E-state index in [0.29, 0.717) is 22.6 Å². The maximum Gasteiger partial charge on any atom is 0.238 e. The second-order valence-corrected chi connectivity index (χ2v) is 8.54. The standard InChI is InChI=1S/C12H23O2S2/c1-12(2,3)14-6-7-15-11(13)10-16-8-4-5-9-16/h4-10H2,1-3H3/q+1. The van der Waals surface area contributed by atoms with E-state index in [1.54, 1.807) is 0 Å². The Bertz CT molecular complexity index is 218. The number of carbonyl (C=O) groups excluding carboxylic acids is 1. The molecule has 1 aliphatic heterocycles. The third-order valence-corrected chi connectivity index (χ3v) is 5.74. The van der Waals surface area contributed by atoms with Crippen molar-refractivity contribution in [3.8, 4) is 0 Å². The maximum absolute atomic E-state index is 11.6. The van der Waals surface area contributed by atoms with Crippen LogP contribution in [0, 0.1) is 0 Å². The van der Waals surface area contributed by atoms with Crippen molar-refractivity contribution >= 4 is 27.8 Å². The summed E-state index contributed by atoms with van der Waals surface area (Å²) in [6.45, 7) is 6.80. The molecule has 1 rings (SSSR count). The minimum atomic E-state index is -0.0865. The molecule has 0 unspecified atom stereocenters. The number of carbonyl (C=O) groups is 1. The van der Waals surface area contributed by atoms with Gasteiger partial charge in [0.05, 0.1) is 12.2 Å². The zero-order valence-electron chi connectivity index (χ0n) is 10.6. The molecule has 0 aromatic carbocycles. The van der Waals surface area contributed by atoms with Crippen LogP contribution in [0.25, 0.3) is 0 Å². The van der Waals surface area contributed by atoms with E-state index in [0.717, 1.165) is 11.5 Å². The number of rotatable bonds is 5. The molecule has 0 aromatic heterocycles. The highest BCUT2D eigenvalue weighted by Crippen LogP contribution is 2.16. The van der Waals surface area contributed by atoms with Crippen molar-refractivity contribution in [2.45, 2.75) is 39.2 Å². The van der Waals surface area contributed by atoms with Crippen LogP contribution in [-0.4, -0.2) is 40.3 Å². The van der Waals surface area contributed by atoms with E-state index in [-0.39, 0.29) is 5.60 Å². The van der Waals surface area contributed by atoms with Crippen molar-refractivity contribution in [1.29, 1.82) is 0 Å². The number of hydrogen-bond donors (Lipinski definition) is 0. The van der Waals surface area contributed by atoms with Crippen LogP contribution in [0.5, 0.6) is 0 Å². The fourth-order valence-corrected chi connectivity index (χ4v) is 4.85. The molecule has 1 aliphatic rings. The Morgan fingerprint density at radius 2 is 1.94 bits per heavy atom. The average molecular weight is 263 g/mol. The first-order chi connectivity index (χ1) is 7.47. The molecule has 0 radical (unpaired) electrons. The fraction of sp³-hybridized carbons (Fsp3) is 0.917. The maximum atomic E-state index is 11.6. The van der Waals surface area contributed by atoms with Crippen molar-refractivity contribution in [3.63, 3.8) is 0 Å². The van der Waals surface area contributed by atoms with Crippen LogP contribution in [0.15, 0.2) is 0 Å². The molecular weight excluding hydrogens is 240 g/mol. The van der Waals surface area contributed by atoms with E-state index < -0.39 is 0 Å². The summed E-state index contributed by atoms with van der Waals surface area (Å²) in [5.41, 5.74) is -0.0865. The summed E-state index contributed by atoms with van der Waals surface area (Å²) < 4.78 is 5.58. The average Bonchev–Trinajstić information content (AvgIpc) is 2.63. The van der Waals surface area contributed by atoms with Crippen LogP contribution >= 0.6 is 11.8 Å². The predicted molar refractivity (Wildman–Crippen MR) is 74.4 cm³/mol. The van der Waals surface area contributed by atoms with Gasteiger partial charge in [-0.25, -0.2) is 0 Å². The first-order valence-corrected chi connectivity index (χ1v) is 8.63. The molecule has 1 heterocycles. The molecule has 0 atom stereocenters. The lowest BCUT2D eigenvalue weighted by Gasteiger charge is -2.18. The zero-order valence-corrected chi connectivity index (χ0v) is 12.2. The molecule has 4 heteroatoms. The first kappa shape index (κ1) is 14.4. The highest BCUT2D eigenvalue weighted by Gasteiger charge is 2.26. The molecule has 1 fully saturated rings. The first-order valence-electron chi connectivity index (χ1n) is 5.91. The minimum Gasteiger partial charge on any atom is -0.375 e. The van der Waals surface area contributed by atoms with Gasteiger partial charge in [0.15, 0.2) is 5.75 Å². The van der Waals surface area contributed by atoms with Gasteiger partial charge in [-0.1, -0.05) is 11.8 Å². The number of ether oxygens (including phenoxy) is 1. The Balaban J connectivity index is 2.02. The van der Waals surface area contributed by atoms with Crippen molar-refractivity contribution < 1.29 is 9.53 Å². The molecule has 1 saturated heterocycles. The van der Waals surface area contributed by atoms with Crippen molar-refractivity contribution in [2.75, 3.05) is 29.6 Å². The normalized spacial score (nSPS) is 17.9. The van der Waals surface area contributed by atoms with Crippen LogP contribution in [-0.2, 0) is 20.4 Å². The third-order valence-electron chi connectivity index (χ3n) is 2.32. The van der Waals surface area contributed by atoms with Crippen molar-refractivity contribution in [2.24, 2.45) is 0 Å². The highest BCUT2D eigenvalue weighted by molar-refractivity contribution is 8.15. The summed E-state index contributed by atoms with van der Waals surface area (Å²) in [5.74, 6) is 4.17. The Labute approximate surface area is 106 Å². The molecule has 0 saturated carbocycles. The number of hydrogen-bond acceptors (Lipinski definition) is 3. The highest BCUT2D eigenvalue weighted by atomic mass is 32.2. The molecule has 0 aliphatic carbocycles. The van der Waals surface area contributed by atoms with Gasteiger partial charge >= 0.3 is 0 Å². The quantitative estimate of drug-likeness (QED) is 0.563. The van der Waals surface area contributed by atoms with Gasteiger partial charge < -0.3 is 4.74 Å². The third kappa shape index (κ3) is 6.81. The summed E-state index contributed by atoms with van der Waals surface area (Å²) >= 11 is 1.45. The number of thioether (sulfide) groups is 1. The Morgan fingerprint density at radius 1 is 1.31 bits per heavy atom. The molecular formula is C12H23O2S2+. The summed E-state index contributed by atoms with van der Waals surface area (Å²) in [6.07, 6.45) is 2.66. The molecule has 0 amide bonds. The summed E-state index contributed by atoms with van der Waals surface area (Å²) in [6, 6.07) is 0. The van der Waals surface area contributed by atoms with Crippen LogP contribution in [0.1, 0.15) is 33.6 Å². The minimum absolute atomic E-state index is 0.0865. The van der Waals surface area contributed by atoms with E-state index >= 15 is 0 Å². The van der Waals surface area contributed by atoms with E-state index in [2.05, 4.69) is 0 Å². The molecule has 16 heavy (non-hydrogen) atoms.